The minimum absolute atomic E-state index is 0.146. The van der Waals surface area contributed by atoms with E-state index in [2.05, 4.69) is 36.6 Å². The number of rotatable bonds is 4. The zero-order chi connectivity index (χ0) is 13.9. The first kappa shape index (κ1) is 17.9. The predicted molar refractivity (Wildman–Crippen MR) is 67.6 cm³/mol. The Bertz CT molecular complexity index is 247. The summed E-state index contributed by atoms with van der Waals surface area (Å²) < 4.78 is 0. The van der Waals surface area contributed by atoms with Gasteiger partial charge in [0.1, 0.15) is 6.54 Å². The van der Waals surface area contributed by atoms with Crippen molar-refractivity contribution in [3.05, 3.63) is 4.91 Å². The molecule has 0 aromatic heterocycles. The van der Waals surface area contributed by atoms with Crippen LogP contribution in [-0.4, -0.2) is 25.0 Å². The van der Waals surface area contributed by atoms with Gasteiger partial charge in [-0.15, -0.1) is 4.91 Å². The van der Waals surface area contributed by atoms with Crippen molar-refractivity contribution >= 4 is 11.9 Å². The molecule has 0 bridgehead atoms. The molecule has 6 heteroatoms. The number of carbonyl (C=O) groups excluding carboxylic acids is 2. The zero-order valence-corrected chi connectivity index (χ0v) is 11.3. The van der Waals surface area contributed by atoms with Gasteiger partial charge in [-0.05, 0) is 11.8 Å². The molecule has 0 atom stereocenters. The molecule has 0 aromatic rings. The number of carbonyl (C=O) groups is 2. The summed E-state index contributed by atoms with van der Waals surface area (Å²) in [6.07, 6.45) is 0.834. The molecule has 0 spiro atoms. The minimum Gasteiger partial charge on any atom is -0.338 e. The van der Waals surface area contributed by atoms with Gasteiger partial charge in [0.2, 0.25) is 0 Å². The quantitative estimate of drug-likeness (QED) is 0.743. The summed E-state index contributed by atoms with van der Waals surface area (Å²) in [6, 6.07) is -0.462. The van der Waals surface area contributed by atoms with E-state index in [1.54, 1.807) is 0 Å². The summed E-state index contributed by atoms with van der Waals surface area (Å²) in [5.74, 6) is -0.888. The van der Waals surface area contributed by atoms with Gasteiger partial charge in [-0.2, -0.15) is 0 Å². The molecule has 0 aliphatic rings. The van der Waals surface area contributed by atoms with Crippen LogP contribution in [0.25, 0.3) is 0 Å². The fourth-order valence-corrected chi connectivity index (χ4v) is 0.802. The van der Waals surface area contributed by atoms with E-state index in [0.717, 1.165) is 6.42 Å². The maximum absolute atomic E-state index is 11.0. The van der Waals surface area contributed by atoms with Crippen molar-refractivity contribution in [1.82, 2.24) is 10.6 Å². The lowest BCUT2D eigenvalue weighted by Crippen LogP contribution is -2.39. The lowest BCUT2D eigenvalue weighted by molar-refractivity contribution is -0.116. The molecule has 0 saturated carbocycles. The van der Waals surface area contributed by atoms with E-state index in [9.17, 15) is 14.5 Å². The summed E-state index contributed by atoms with van der Waals surface area (Å²) in [5.41, 5.74) is 0.146. The molecular formula is C11H23N3O3. The standard InChI is InChI=1S/C9H17N3O3.C2H6/c1-9(2,3)4-5-10-8(14)11-6-7(13)12-15;1-2/h4-6H2,1-3H3,(H2,10,11,14);1-2H3. The number of nitroso groups, excluding NO2 is 1. The molecule has 0 radical (unpaired) electrons. The van der Waals surface area contributed by atoms with E-state index in [0.29, 0.717) is 6.54 Å². The lowest BCUT2D eigenvalue weighted by atomic mass is 9.92. The van der Waals surface area contributed by atoms with Crippen LogP contribution in [0.15, 0.2) is 5.18 Å². The Balaban J connectivity index is 0. The molecule has 3 amide bonds. The van der Waals surface area contributed by atoms with Crippen LogP contribution in [0.1, 0.15) is 41.0 Å². The average molecular weight is 245 g/mol. The topological polar surface area (TPSA) is 87.6 Å². The average Bonchev–Trinajstić information content (AvgIpc) is 2.27. The second-order valence-electron chi connectivity index (χ2n) is 4.41. The Hall–Kier alpha value is -1.46. The van der Waals surface area contributed by atoms with E-state index in [1.165, 1.54) is 0 Å². The van der Waals surface area contributed by atoms with E-state index in [4.69, 9.17) is 0 Å². The summed E-state index contributed by atoms with van der Waals surface area (Å²) >= 11 is 0. The van der Waals surface area contributed by atoms with Gasteiger partial charge >= 0.3 is 11.9 Å². The van der Waals surface area contributed by atoms with Crippen molar-refractivity contribution < 1.29 is 9.59 Å². The third-order valence-electron chi connectivity index (χ3n) is 1.66. The maximum atomic E-state index is 11.0. The van der Waals surface area contributed by atoms with E-state index in [1.807, 2.05) is 13.8 Å². The van der Waals surface area contributed by atoms with Crippen molar-refractivity contribution in [2.24, 2.45) is 10.6 Å². The fraction of sp³-hybridized carbons (Fsp3) is 0.818. The van der Waals surface area contributed by atoms with Gasteiger partial charge in [0.05, 0.1) is 0 Å². The molecule has 17 heavy (non-hydrogen) atoms. The Morgan fingerprint density at radius 3 is 2.06 bits per heavy atom. The first-order valence-corrected chi connectivity index (χ1v) is 5.73. The van der Waals surface area contributed by atoms with Crippen LogP contribution in [0.5, 0.6) is 0 Å². The van der Waals surface area contributed by atoms with Gasteiger partial charge < -0.3 is 10.6 Å². The predicted octanol–water partition coefficient (Wildman–Crippen LogP) is 2.04. The SMILES string of the molecule is CC.CC(C)(C)CCNC(=O)NCC(=O)N=O. The molecule has 0 aliphatic heterocycles. The zero-order valence-electron chi connectivity index (χ0n) is 11.3. The van der Waals surface area contributed by atoms with Crippen molar-refractivity contribution in [3.63, 3.8) is 0 Å². The molecule has 0 fully saturated rings. The van der Waals surface area contributed by atoms with Gasteiger partial charge in [0.25, 0.3) is 0 Å². The first-order valence-electron chi connectivity index (χ1n) is 5.73. The second kappa shape index (κ2) is 9.74. The van der Waals surface area contributed by atoms with Crippen LogP contribution in [-0.2, 0) is 4.79 Å². The highest BCUT2D eigenvalue weighted by atomic mass is 16.3. The van der Waals surface area contributed by atoms with Crippen LogP contribution in [0.3, 0.4) is 0 Å². The van der Waals surface area contributed by atoms with Gasteiger partial charge in [-0.25, -0.2) is 4.79 Å². The summed E-state index contributed by atoms with van der Waals surface area (Å²) in [4.78, 5) is 31.2. The molecule has 2 N–H and O–H groups in total. The van der Waals surface area contributed by atoms with Crippen LogP contribution in [0, 0.1) is 10.3 Å². The van der Waals surface area contributed by atoms with Crippen molar-refractivity contribution in [2.75, 3.05) is 13.1 Å². The normalized spacial score (nSPS) is 9.71. The molecular weight excluding hydrogens is 222 g/mol. The van der Waals surface area contributed by atoms with Gasteiger partial charge in [0, 0.05) is 11.7 Å². The summed E-state index contributed by atoms with van der Waals surface area (Å²) in [5, 5.41) is 6.95. The van der Waals surface area contributed by atoms with E-state index >= 15 is 0 Å². The first-order chi connectivity index (χ1) is 7.85. The number of nitrogens with zero attached hydrogens (tertiary/aromatic N) is 1. The molecule has 0 heterocycles. The summed E-state index contributed by atoms with van der Waals surface area (Å²) in [7, 11) is 0. The Morgan fingerprint density at radius 1 is 1.12 bits per heavy atom. The third kappa shape index (κ3) is 14.5. The van der Waals surface area contributed by atoms with Crippen LogP contribution < -0.4 is 10.6 Å². The molecule has 0 unspecified atom stereocenters. The Labute approximate surface area is 103 Å². The number of hydrogen-bond donors (Lipinski definition) is 2. The number of nitrogens with one attached hydrogen (secondary N) is 2. The minimum atomic E-state index is -0.888. The van der Waals surface area contributed by atoms with Crippen molar-refractivity contribution in [3.8, 4) is 0 Å². The fourth-order valence-electron chi connectivity index (χ4n) is 0.802. The molecule has 0 rings (SSSR count). The number of amides is 3. The molecule has 6 nitrogen and oxygen atoms in total. The van der Waals surface area contributed by atoms with Crippen LogP contribution in [0.2, 0.25) is 0 Å². The Kier molecular flexibility index (Phi) is 10.3. The second-order valence-corrected chi connectivity index (χ2v) is 4.41. The van der Waals surface area contributed by atoms with E-state index < -0.39 is 11.9 Å². The largest absolute Gasteiger partial charge is 0.338 e. The third-order valence-corrected chi connectivity index (χ3v) is 1.66. The highest BCUT2D eigenvalue weighted by molar-refractivity contribution is 5.84. The molecule has 0 aromatic carbocycles. The van der Waals surface area contributed by atoms with Gasteiger partial charge in [0.15, 0.2) is 0 Å². The van der Waals surface area contributed by atoms with Crippen molar-refractivity contribution in [1.29, 1.82) is 0 Å². The lowest BCUT2D eigenvalue weighted by Gasteiger charge is -2.17. The van der Waals surface area contributed by atoms with Crippen molar-refractivity contribution in [2.45, 2.75) is 41.0 Å². The van der Waals surface area contributed by atoms with Gasteiger partial charge in [-0.3, -0.25) is 4.79 Å². The molecule has 0 aliphatic carbocycles. The summed E-state index contributed by atoms with van der Waals surface area (Å²) in [6.45, 7) is 10.4. The Morgan fingerprint density at radius 2 is 1.65 bits per heavy atom. The van der Waals surface area contributed by atoms with Crippen LogP contribution >= 0.6 is 0 Å². The number of hydrogen-bond acceptors (Lipinski definition) is 3. The number of urea groups is 1. The smallest absolute Gasteiger partial charge is 0.315 e. The molecule has 100 valence electrons. The van der Waals surface area contributed by atoms with Crippen LogP contribution in [0.4, 0.5) is 4.79 Å². The maximum Gasteiger partial charge on any atom is 0.315 e. The molecule has 0 saturated heterocycles. The van der Waals surface area contributed by atoms with E-state index in [-0.39, 0.29) is 12.0 Å². The highest BCUT2D eigenvalue weighted by Crippen LogP contribution is 2.16. The highest BCUT2D eigenvalue weighted by Gasteiger charge is 2.10. The monoisotopic (exact) mass is 245 g/mol. The van der Waals surface area contributed by atoms with Gasteiger partial charge in [-0.1, -0.05) is 34.6 Å².